The fourth-order valence-electron chi connectivity index (χ4n) is 3.43. The summed E-state index contributed by atoms with van der Waals surface area (Å²) in [7, 11) is 0. The molecule has 2 aromatic rings. The molecule has 0 aliphatic carbocycles. The van der Waals surface area contributed by atoms with E-state index in [4.69, 9.17) is 4.99 Å². The molecule has 0 atom stereocenters. The van der Waals surface area contributed by atoms with Crippen molar-refractivity contribution in [2.24, 2.45) is 4.99 Å². The molecule has 3 rings (SSSR count). The summed E-state index contributed by atoms with van der Waals surface area (Å²) >= 11 is 3.50. The van der Waals surface area contributed by atoms with Crippen molar-refractivity contribution < 1.29 is 0 Å². The van der Waals surface area contributed by atoms with Crippen LogP contribution in [-0.2, 0) is 13.0 Å². The molecule has 5 nitrogen and oxygen atoms in total. The van der Waals surface area contributed by atoms with Crippen molar-refractivity contribution in [3.63, 3.8) is 0 Å². The third-order valence-electron chi connectivity index (χ3n) is 4.96. The maximum Gasteiger partial charge on any atom is 0.191 e. The van der Waals surface area contributed by atoms with Crippen LogP contribution in [0.25, 0.3) is 0 Å². The first-order valence-corrected chi connectivity index (χ1v) is 10.9. The number of nitrogens with one attached hydrogen (secondary N) is 2. The first kappa shape index (κ1) is 24.1. The second-order valence-electron chi connectivity index (χ2n) is 7.15. The van der Waals surface area contributed by atoms with Crippen LogP contribution in [0, 0.1) is 0 Å². The van der Waals surface area contributed by atoms with E-state index in [1.54, 1.807) is 0 Å². The van der Waals surface area contributed by atoms with Gasteiger partial charge in [-0.3, -0.25) is 14.9 Å². The predicted molar refractivity (Wildman–Crippen MR) is 135 cm³/mol. The van der Waals surface area contributed by atoms with Crippen LogP contribution in [0.15, 0.2) is 58.1 Å². The number of aliphatic imine (C=N–C) groups is 1. The van der Waals surface area contributed by atoms with E-state index in [2.05, 4.69) is 73.7 Å². The molecule has 1 saturated heterocycles. The van der Waals surface area contributed by atoms with Gasteiger partial charge in [-0.2, -0.15) is 0 Å². The second-order valence-corrected chi connectivity index (χ2v) is 8.07. The van der Waals surface area contributed by atoms with Crippen molar-refractivity contribution in [1.82, 2.24) is 20.5 Å². The van der Waals surface area contributed by atoms with Crippen LogP contribution in [0.3, 0.4) is 0 Å². The Balaban J connectivity index is 0.00000300. The molecular weight excluding hydrogens is 541 g/mol. The lowest BCUT2D eigenvalue weighted by Gasteiger charge is -2.33. The van der Waals surface area contributed by atoms with Gasteiger partial charge in [0.2, 0.25) is 0 Å². The first-order chi connectivity index (χ1) is 13.7. The molecular formula is C22H31BrIN5. The molecule has 158 valence electrons. The standard InChI is InChI=1S/C22H30BrN5.HI/c1-2-24-22(26-14-10-20-5-3-4-13-25-20)27-21-11-15-28(16-12-21)17-18-6-8-19(23)9-7-18;/h3-9,13,21H,2,10-12,14-17H2,1H3,(H2,24,26,27);1H. The number of halogens is 2. The van der Waals surface area contributed by atoms with Crippen LogP contribution < -0.4 is 10.6 Å². The maximum absolute atomic E-state index is 4.73. The van der Waals surface area contributed by atoms with Gasteiger partial charge < -0.3 is 10.6 Å². The molecule has 0 spiro atoms. The topological polar surface area (TPSA) is 52.6 Å². The molecule has 1 fully saturated rings. The number of likely N-dealkylation sites (tertiary alicyclic amines) is 1. The molecule has 1 aromatic carbocycles. The molecule has 7 heteroatoms. The lowest BCUT2D eigenvalue weighted by atomic mass is 10.0. The minimum absolute atomic E-state index is 0. The molecule has 1 aliphatic rings. The number of pyridine rings is 1. The summed E-state index contributed by atoms with van der Waals surface area (Å²) in [4.78, 5) is 11.6. The maximum atomic E-state index is 4.73. The van der Waals surface area contributed by atoms with Crippen LogP contribution in [-0.4, -0.2) is 48.1 Å². The average Bonchev–Trinajstić information content (AvgIpc) is 2.72. The Morgan fingerprint density at radius 2 is 1.93 bits per heavy atom. The Kier molecular flexibility index (Phi) is 10.9. The van der Waals surface area contributed by atoms with E-state index < -0.39 is 0 Å². The molecule has 0 saturated carbocycles. The molecule has 0 bridgehead atoms. The lowest BCUT2D eigenvalue weighted by molar-refractivity contribution is 0.198. The zero-order valence-electron chi connectivity index (χ0n) is 17.0. The highest BCUT2D eigenvalue weighted by Crippen LogP contribution is 2.16. The van der Waals surface area contributed by atoms with Crippen LogP contribution in [0.5, 0.6) is 0 Å². The van der Waals surface area contributed by atoms with E-state index in [0.717, 1.165) is 68.1 Å². The van der Waals surface area contributed by atoms with Gasteiger partial charge in [-0.05, 0) is 49.6 Å². The van der Waals surface area contributed by atoms with Gasteiger partial charge in [0.25, 0.3) is 0 Å². The summed E-state index contributed by atoms with van der Waals surface area (Å²) in [5.74, 6) is 0.921. The first-order valence-electron chi connectivity index (χ1n) is 10.1. The van der Waals surface area contributed by atoms with Gasteiger partial charge in [0.05, 0.1) is 0 Å². The number of piperidine rings is 1. The highest BCUT2D eigenvalue weighted by atomic mass is 127. The Morgan fingerprint density at radius 3 is 2.59 bits per heavy atom. The lowest BCUT2D eigenvalue weighted by Crippen LogP contribution is -2.48. The summed E-state index contributed by atoms with van der Waals surface area (Å²) in [5.41, 5.74) is 2.46. The molecule has 2 N–H and O–H groups in total. The van der Waals surface area contributed by atoms with Gasteiger partial charge in [0.1, 0.15) is 0 Å². The van der Waals surface area contributed by atoms with E-state index in [-0.39, 0.29) is 24.0 Å². The average molecular weight is 572 g/mol. The summed E-state index contributed by atoms with van der Waals surface area (Å²) in [5, 5.41) is 6.99. The van der Waals surface area contributed by atoms with Crippen LogP contribution in [0.4, 0.5) is 0 Å². The Labute approximate surface area is 199 Å². The number of hydrogen-bond acceptors (Lipinski definition) is 3. The van der Waals surface area contributed by atoms with Crippen molar-refractivity contribution in [1.29, 1.82) is 0 Å². The highest BCUT2D eigenvalue weighted by molar-refractivity contribution is 14.0. The van der Waals surface area contributed by atoms with Crippen LogP contribution >= 0.6 is 39.9 Å². The number of benzene rings is 1. The number of guanidine groups is 1. The van der Waals surface area contributed by atoms with Gasteiger partial charge in [0, 0.05) is 61.5 Å². The zero-order valence-corrected chi connectivity index (χ0v) is 20.9. The Morgan fingerprint density at radius 1 is 1.17 bits per heavy atom. The highest BCUT2D eigenvalue weighted by Gasteiger charge is 2.20. The largest absolute Gasteiger partial charge is 0.357 e. The van der Waals surface area contributed by atoms with E-state index >= 15 is 0 Å². The number of nitrogens with zero attached hydrogens (tertiary/aromatic N) is 3. The van der Waals surface area contributed by atoms with E-state index in [1.165, 1.54) is 5.56 Å². The normalized spacial score (nSPS) is 15.6. The monoisotopic (exact) mass is 571 g/mol. The molecule has 0 radical (unpaired) electrons. The predicted octanol–water partition coefficient (Wildman–Crippen LogP) is 4.22. The van der Waals surface area contributed by atoms with Crippen LogP contribution in [0.2, 0.25) is 0 Å². The van der Waals surface area contributed by atoms with E-state index in [9.17, 15) is 0 Å². The number of hydrogen-bond donors (Lipinski definition) is 2. The van der Waals surface area contributed by atoms with Gasteiger partial charge in [0.15, 0.2) is 5.96 Å². The Hall–Kier alpha value is -1.19. The molecule has 1 aromatic heterocycles. The fraction of sp³-hybridized carbons (Fsp3) is 0.455. The SMILES string of the molecule is CCNC(=NCCc1ccccn1)NC1CCN(Cc2ccc(Br)cc2)CC1.I. The second kappa shape index (κ2) is 13.2. The smallest absolute Gasteiger partial charge is 0.191 e. The van der Waals surface area contributed by atoms with Gasteiger partial charge in [-0.1, -0.05) is 34.1 Å². The van der Waals surface area contributed by atoms with E-state index in [1.807, 2.05) is 18.3 Å². The van der Waals surface area contributed by atoms with Crippen molar-refractivity contribution >= 4 is 45.9 Å². The number of rotatable bonds is 7. The molecule has 2 heterocycles. The van der Waals surface area contributed by atoms with E-state index in [0.29, 0.717) is 6.04 Å². The van der Waals surface area contributed by atoms with Crippen molar-refractivity contribution in [3.05, 3.63) is 64.4 Å². The van der Waals surface area contributed by atoms with Crippen molar-refractivity contribution in [2.75, 3.05) is 26.2 Å². The minimum Gasteiger partial charge on any atom is -0.357 e. The van der Waals surface area contributed by atoms with Gasteiger partial charge in [-0.25, -0.2) is 0 Å². The summed E-state index contributed by atoms with van der Waals surface area (Å²) < 4.78 is 1.14. The summed E-state index contributed by atoms with van der Waals surface area (Å²) in [6, 6.07) is 15.1. The quantitative estimate of drug-likeness (QED) is 0.297. The zero-order chi connectivity index (χ0) is 19.6. The summed E-state index contributed by atoms with van der Waals surface area (Å²) in [6.07, 6.45) is 4.98. The molecule has 1 aliphatic heterocycles. The van der Waals surface area contributed by atoms with Crippen molar-refractivity contribution in [3.8, 4) is 0 Å². The van der Waals surface area contributed by atoms with Gasteiger partial charge >= 0.3 is 0 Å². The fourth-order valence-corrected chi connectivity index (χ4v) is 3.69. The molecule has 0 unspecified atom stereocenters. The Bertz CT molecular complexity index is 731. The van der Waals surface area contributed by atoms with Crippen LogP contribution in [0.1, 0.15) is 31.0 Å². The minimum atomic E-state index is 0. The molecule has 29 heavy (non-hydrogen) atoms. The summed E-state index contributed by atoms with van der Waals surface area (Å²) in [6.45, 7) is 6.98. The van der Waals surface area contributed by atoms with Gasteiger partial charge in [-0.15, -0.1) is 24.0 Å². The van der Waals surface area contributed by atoms with Crippen molar-refractivity contribution in [2.45, 2.75) is 38.8 Å². The third-order valence-corrected chi connectivity index (χ3v) is 5.48. The number of aromatic nitrogens is 1. The third kappa shape index (κ3) is 8.60. The molecule has 0 amide bonds.